The van der Waals surface area contributed by atoms with E-state index in [1.54, 1.807) is 37.6 Å². The topological polar surface area (TPSA) is 83.7 Å². The van der Waals surface area contributed by atoms with E-state index in [0.717, 1.165) is 11.1 Å². The number of halogens is 2. The molecular formula is C21H19Br2N3O3. The fraction of sp³-hybridized carbons (Fsp3) is 0.286. The molecule has 0 bridgehead atoms. The van der Waals surface area contributed by atoms with Gasteiger partial charge >= 0.3 is 0 Å². The van der Waals surface area contributed by atoms with Crippen molar-refractivity contribution in [1.82, 2.24) is 5.43 Å². The predicted octanol–water partition coefficient (Wildman–Crippen LogP) is 4.49. The molecule has 2 aromatic carbocycles. The minimum absolute atomic E-state index is 0.152. The molecule has 1 saturated carbocycles. The van der Waals surface area contributed by atoms with Crippen molar-refractivity contribution >= 4 is 44.0 Å². The Morgan fingerprint density at radius 3 is 2.59 bits per heavy atom. The molecule has 0 heterocycles. The maximum atomic E-state index is 12.3. The van der Waals surface area contributed by atoms with Gasteiger partial charge in [-0.15, -0.1) is 0 Å². The Balaban J connectivity index is 1.65. The first-order valence-electron chi connectivity index (χ1n) is 8.80. The number of carbonyl (C=O) groups is 1. The Bertz CT molecular complexity index is 984. The molecule has 1 fully saturated rings. The molecule has 0 aliphatic heterocycles. The number of hydrazone groups is 1. The van der Waals surface area contributed by atoms with Crippen LogP contribution < -0.4 is 14.9 Å². The van der Waals surface area contributed by atoms with Crippen molar-refractivity contribution in [3.8, 4) is 17.6 Å². The van der Waals surface area contributed by atoms with Crippen molar-refractivity contribution in [2.45, 2.75) is 23.2 Å². The summed E-state index contributed by atoms with van der Waals surface area (Å²) >= 11 is 6.95. The van der Waals surface area contributed by atoms with Gasteiger partial charge in [0.25, 0.3) is 0 Å². The van der Waals surface area contributed by atoms with E-state index in [0.29, 0.717) is 23.5 Å². The molecule has 2 aromatic rings. The highest BCUT2D eigenvalue weighted by Gasteiger charge is 2.66. The lowest BCUT2D eigenvalue weighted by atomic mass is 10.1. The number of benzene rings is 2. The van der Waals surface area contributed by atoms with Crippen LogP contribution in [0.3, 0.4) is 0 Å². The Morgan fingerprint density at radius 1 is 1.31 bits per heavy atom. The second-order valence-electron chi connectivity index (χ2n) is 6.91. The molecule has 0 spiro atoms. The lowest BCUT2D eigenvalue weighted by molar-refractivity contribution is -0.125. The third-order valence-corrected chi connectivity index (χ3v) is 7.13. The molecule has 1 aliphatic rings. The fourth-order valence-corrected chi connectivity index (χ4v) is 4.20. The lowest BCUT2D eigenvalue weighted by Crippen LogP contribution is -2.29. The maximum absolute atomic E-state index is 12.3. The Hall–Kier alpha value is -2.37. The fourth-order valence-electron chi connectivity index (χ4n) is 2.71. The summed E-state index contributed by atoms with van der Waals surface area (Å²) in [5, 5.41) is 12.9. The second-order valence-corrected chi connectivity index (χ2v) is 10.7. The van der Waals surface area contributed by atoms with Crippen molar-refractivity contribution in [2.24, 2.45) is 10.5 Å². The van der Waals surface area contributed by atoms with Gasteiger partial charge in [-0.25, -0.2) is 5.43 Å². The number of rotatable bonds is 7. The van der Waals surface area contributed by atoms with Crippen LogP contribution in [-0.2, 0) is 11.4 Å². The number of ether oxygens (including phenoxy) is 2. The van der Waals surface area contributed by atoms with E-state index >= 15 is 0 Å². The zero-order valence-electron chi connectivity index (χ0n) is 15.9. The number of methoxy groups -OCH3 is 1. The summed E-state index contributed by atoms with van der Waals surface area (Å²) in [5.41, 5.74) is 4.28. The molecule has 3 rings (SSSR count). The number of nitriles is 1. The van der Waals surface area contributed by atoms with Crippen LogP contribution in [0.2, 0.25) is 0 Å². The van der Waals surface area contributed by atoms with E-state index in [9.17, 15) is 4.79 Å². The molecule has 6 nitrogen and oxygen atoms in total. The van der Waals surface area contributed by atoms with E-state index in [-0.39, 0.29) is 15.7 Å². The van der Waals surface area contributed by atoms with Crippen molar-refractivity contribution < 1.29 is 14.3 Å². The van der Waals surface area contributed by atoms with Crippen LogP contribution in [0.1, 0.15) is 30.0 Å². The number of amides is 1. The molecule has 29 heavy (non-hydrogen) atoms. The van der Waals surface area contributed by atoms with Crippen LogP contribution in [-0.4, -0.2) is 22.5 Å². The van der Waals surface area contributed by atoms with E-state index < -0.39 is 5.41 Å². The minimum atomic E-state index is -0.523. The summed E-state index contributed by atoms with van der Waals surface area (Å²) in [4.78, 5) is 12.3. The molecule has 1 unspecified atom stereocenters. The van der Waals surface area contributed by atoms with Gasteiger partial charge in [0.05, 0.1) is 33.6 Å². The normalized spacial score (nSPS) is 19.4. The van der Waals surface area contributed by atoms with Crippen LogP contribution in [0.25, 0.3) is 0 Å². The summed E-state index contributed by atoms with van der Waals surface area (Å²) in [6, 6.07) is 14.5. The molecule has 1 amide bonds. The van der Waals surface area contributed by atoms with Crippen molar-refractivity contribution in [3.05, 3.63) is 59.2 Å². The number of alkyl halides is 2. The smallest absolute Gasteiger partial charge is 0.248 e. The van der Waals surface area contributed by atoms with Crippen molar-refractivity contribution in [2.75, 3.05) is 7.11 Å². The van der Waals surface area contributed by atoms with Gasteiger partial charge < -0.3 is 9.47 Å². The highest BCUT2D eigenvalue weighted by molar-refractivity contribution is 9.25. The van der Waals surface area contributed by atoms with E-state index in [1.165, 1.54) is 0 Å². The summed E-state index contributed by atoms with van der Waals surface area (Å²) < 4.78 is 10.8. The average Bonchev–Trinajstić information content (AvgIpc) is 3.25. The Labute approximate surface area is 186 Å². The molecule has 150 valence electrons. The predicted molar refractivity (Wildman–Crippen MR) is 118 cm³/mol. The van der Waals surface area contributed by atoms with E-state index in [4.69, 9.17) is 14.7 Å². The summed E-state index contributed by atoms with van der Waals surface area (Å²) in [7, 11) is 1.59. The quantitative estimate of drug-likeness (QED) is 0.331. The van der Waals surface area contributed by atoms with Gasteiger partial charge in [-0.3, -0.25) is 4.79 Å². The summed E-state index contributed by atoms with van der Waals surface area (Å²) in [6.07, 6.45) is 2.28. The zero-order chi connectivity index (χ0) is 21.1. The number of nitrogens with zero attached hydrogens (tertiary/aromatic N) is 2. The molecule has 1 N–H and O–H groups in total. The first-order valence-corrected chi connectivity index (χ1v) is 10.4. The largest absolute Gasteiger partial charge is 0.496 e. The lowest BCUT2D eigenvalue weighted by Gasteiger charge is -2.11. The number of nitrogens with one attached hydrogen (secondary N) is 1. The van der Waals surface area contributed by atoms with Gasteiger partial charge in [0, 0.05) is 5.56 Å². The third-order valence-electron chi connectivity index (χ3n) is 4.82. The molecule has 1 atom stereocenters. The number of hydrogen-bond donors (Lipinski definition) is 1. The summed E-state index contributed by atoms with van der Waals surface area (Å²) in [6.45, 7) is 2.16. The Kier molecular flexibility index (Phi) is 6.30. The number of hydrogen-bond acceptors (Lipinski definition) is 5. The van der Waals surface area contributed by atoms with Gasteiger partial charge in [-0.2, -0.15) is 10.4 Å². The molecule has 0 radical (unpaired) electrons. The van der Waals surface area contributed by atoms with Gasteiger partial charge in [0.15, 0.2) is 0 Å². The third kappa shape index (κ3) is 4.80. The Morgan fingerprint density at radius 2 is 2.00 bits per heavy atom. The maximum Gasteiger partial charge on any atom is 0.248 e. The SMILES string of the molecule is COc1ccc(/C=N/NC(=O)C2(C)CC2(Br)Br)cc1COc1ccc(C#N)cc1. The van der Waals surface area contributed by atoms with Gasteiger partial charge in [-0.05, 0) is 61.4 Å². The van der Waals surface area contributed by atoms with Crippen LogP contribution >= 0.6 is 31.9 Å². The zero-order valence-corrected chi connectivity index (χ0v) is 19.1. The van der Waals surface area contributed by atoms with Gasteiger partial charge in [-0.1, -0.05) is 31.9 Å². The molecule has 0 aromatic heterocycles. The van der Waals surface area contributed by atoms with Crippen molar-refractivity contribution in [3.63, 3.8) is 0 Å². The molecular weight excluding hydrogens is 502 g/mol. The van der Waals surface area contributed by atoms with E-state index in [2.05, 4.69) is 48.5 Å². The van der Waals surface area contributed by atoms with Gasteiger partial charge in [0.1, 0.15) is 18.1 Å². The van der Waals surface area contributed by atoms with Crippen LogP contribution in [0.4, 0.5) is 0 Å². The van der Waals surface area contributed by atoms with E-state index in [1.807, 2.05) is 25.1 Å². The monoisotopic (exact) mass is 519 g/mol. The summed E-state index contributed by atoms with van der Waals surface area (Å²) in [5.74, 6) is 1.19. The highest BCUT2D eigenvalue weighted by atomic mass is 79.9. The van der Waals surface area contributed by atoms with Crippen LogP contribution in [0, 0.1) is 16.7 Å². The standard InChI is InChI=1S/C21H19Br2N3O3/c1-20(13-21(20,22)23)19(27)26-25-11-15-5-8-18(28-2)16(9-15)12-29-17-6-3-14(10-24)4-7-17/h3-9,11H,12-13H2,1-2H3,(H,26,27)/b25-11+. The van der Waals surface area contributed by atoms with Gasteiger partial charge in [0.2, 0.25) is 5.91 Å². The van der Waals surface area contributed by atoms with Crippen LogP contribution in [0.5, 0.6) is 11.5 Å². The highest BCUT2D eigenvalue weighted by Crippen LogP contribution is 2.66. The molecule has 1 aliphatic carbocycles. The van der Waals surface area contributed by atoms with Crippen molar-refractivity contribution in [1.29, 1.82) is 5.26 Å². The van der Waals surface area contributed by atoms with Crippen LogP contribution in [0.15, 0.2) is 47.6 Å². The minimum Gasteiger partial charge on any atom is -0.496 e. The second kappa shape index (κ2) is 8.56. The first kappa shape index (κ1) is 21.3. The molecule has 0 saturated heterocycles. The number of carbonyl (C=O) groups excluding carboxylic acids is 1. The average molecular weight is 521 g/mol. The first-order chi connectivity index (χ1) is 13.8. The molecule has 8 heteroatoms.